The molecule has 0 aliphatic carbocycles. The molecule has 0 saturated heterocycles. The zero-order valence-electron chi connectivity index (χ0n) is 11.7. The van der Waals surface area contributed by atoms with Gasteiger partial charge in [0.15, 0.2) is 4.91 Å². The van der Waals surface area contributed by atoms with Crippen molar-refractivity contribution in [1.82, 2.24) is 0 Å². The molecule has 0 unspecified atom stereocenters. The Balaban J connectivity index is 5.84. The van der Waals surface area contributed by atoms with Gasteiger partial charge in [0.1, 0.15) is 9.81 Å². The van der Waals surface area contributed by atoms with E-state index >= 15 is 0 Å². The number of ether oxygens (including phenoxy) is 4. The van der Waals surface area contributed by atoms with Gasteiger partial charge in [0, 0.05) is 0 Å². The highest BCUT2D eigenvalue weighted by molar-refractivity contribution is 8.09. The minimum atomic E-state index is -0.980. The largest absolute Gasteiger partial charge is 0.480 e. The van der Waals surface area contributed by atoms with E-state index in [4.69, 9.17) is 0 Å². The molecule has 0 spiro atoms. The predicted octanol–water partition coefficient (Wildman–Crippen LogP) is 0.753. The number of hydrogen-bond acceptors (Lipinski definition) is 10. The Morgan fingerprint density at radius 1 is 0.810 bits per heavy atom. The van der Waals surface area contributed by atoms with Crippen molar-refractivity contribution in [2.45, 2.75) is 0 Å². The molecule has 0 aliphatic rings. The Labute approximate surface area is 130 Å². The molecule has 21 heavy (non-hydrogen) atoms. The highest BCUT2D eigenvalue weighted by Gasteiger charge is 2.28. The summed E-state index contributed by atoms with van der Waals surface area (Å²) in [5, 5.41) is 9.52. The van der Waals surface area contributed by atoms with Crippen LogP contribution < -0.4 is 0 Å². The molecular formula is C11H14O8S2. The van der Waals surface area contributed by atoms with Crippen LogP contribution in [0.5, 0.6) is 0 Å². The number of carbonyl (C=O) groups is 3. The van der Waals surface area contributed by atoms with Crippen LogP contribution in [0.1, 0.15) is 0 Å². The van der Waals surface area contributed by atoms with Crippen LogP contribution in [0.3, 0.4) is 0 Å². The van der Waals surface area contributed by atoms with Crippen LogP contribution in [0.15, 0.2) is 20.7 Å². The maximum Gasteiger partial charge on any atom is 0.352 e. The van der Waals surface area contributed by atoms with E-state index in [0.29, 0.717) is 11.8 Å². The smallest absolute Gasteiger partial charge is 0.352 e. The molecule has 0 aromatic rings. The Morgan fingerprint density at radius 2 is 1.24 bits per heavy atom. The van der Waals surface area contributed by atoms with Crippen molar-refractivity contribution in [2.24, 2.45) is 0 Å². The molecule has 0 fully saturated rings. The van der Waals surface area contributed by atoms with Crippen molar-refractivity contribution in [2.75, 3.05) is 28.4 Å². The third kappa shape index (κ3) is 5.23. The molecule has 0 bridgehead atoms. The van der Waals surface area contributed by atoms with Crippen molar-refractivity contribution in [3.8, 4) is 0 Å². The van der Waals surface area contributed by atoms with E-state index in [1.54, 1.807) is 0 Å². The van der Waals surface area contributed by atoms with E-state index in [9.17, 15) is 19.5 Å². The quantitative estimate of drug-likeness (QED) is 0.238. The lowest BCUT2D eigenvalue weighted by molar-refractivity contribution is -0.138. The molecule has 0 aromatic carbocycles. The molecule has 8 nitrogen and oxygen atoms in total. The van der Waals surface area contributed by atoms with Crippen molar-refractivity contribution < 1.29 is 38.4 Å². The molecule has 0 aromatic heterocycles. The molecule has 0 saturated carbocycles. The summed E-state index contributed by atoms with van der Waals surface area (Å²) < 4.78 is 17.9. The molecular weight excluding hydrogens is 324 g/mol. The number of thioether (sulfide) groups is 1. The lowest BCUT2D eigenvalue weighted by Gasteiger charge is -2.10. The van der Waals surface area contributed by atoms with Crippen LogP contribution in [-0.4, -0.2) is 51.5 Å². The minimum Gasteiger partial charge on any atom is -0.480 e. The van der Waals surface area contributed by atoms with Gasteiger partial charge in [-0.3, -0.25) is 0 Å². The van der Waals surface area contributed by atoms with Crippen molar-refractivity contribution in [3.63, 3.8) is 0 Å². The Bertz CT molecular complexity index is 494. The average molecular weight is 338 g/mol. The van der Waals surface area contributed by atoms with Gasteiger partial charge in [-0.15, -0.1) is 12.6 Å². The number of carbonyl (C=O) groups excluding carboxylic acids is 3. The van der Waals surface area contributed by atoms with Gasteiger partial charge in [0.05, 0.1) is 28.4 Å². The molecule has 1 N–H and O–H groups in total. The van der Waals surface area contributed by atoms with Crippen LogP contribution in [-0.2, 0) is 33.3 Å². The summed E-state index contributed by atoms with van der Waals surface area (Å²) in [6.07, 6.45) is 0. The maximum absolute atomic E-state index is 11.7. The van der Waals surface area contributed by atoms with Crippen molar-refractivity contribution in [3.05, 3.63) is 20.7 Å². The number of aliphatic hydroxyl groups is 1. The lowest BCUT2D eigenvalue weighted by atomic mass is 10.5. The number of esters is 3. The van der Waals surface area contributed by atoms with Crippen LogP contribution in [0.2, 0.25) is 0 Å². The summed E-state index contributed by atoms with van der Waals surface area (Å²) in [5.41, 5.74) is 0. The van der Waals surface area contributed by atoms with Crippen molar-refractivity contribution >= 4 is 42.3 Å². The summed E-state index contributed by atoms with van der Waals surface area (Å²) in [7, 11) is 4.32. The summed E-state index contributed by atoms with van der Waals surface area (Å²) in [6, 6.07) is 0. The highest BCUT2D eigenvalue weighted by Crippen LogP contribution is 2.33. The van der Waals surface area contributed by atoms with E-state index in [1.165, 1.54) is 0 Å². The first-order valence-corrected chi connectivity index (χ1v) is 6.43. The standard InChI is InChI=1S/C11H14O8S2/c1-16-8(12)5(20)6(9(13)17-2)21-7(10(14)18-3)11(15)19-4/h14,20H,1-4H3/b6-5+,10-7+. The fourth-order valence-corrected chi connectivity index (χ4v) is 2.14. The first-order chi connectivity index (χ1) is 9.83. The summed E-state index contributed by atoms with van der Waals surface area (Å²) in [6.45, 7) is 0. The van der Waals surface area contributed by atoms with Gasteiger partial charge in [-0.1, -0.05) is 11.8 Å². The third-order valence-corrected chi connectivity index (χ3v) is 3.60. The summed E-state index contributed by atoms with van der Waals surface area (Å²) in [4.78, 5) is 33.4. The van der Waals surface area contributed by atoms with E-state index in [1.807, 2.05) is 0 Å². The fourth-order valence-electron chi connectivity index (χ4n) is 0.929. The molecule has 0 amide bonds. The lowest BCUT2D eigenvalue weighted by Crippen LogP contribution is -2.13. The fraction of sp³-hybridized carbons (Fsp3) is 0.364. The van der Waals surface area contributed by atoms with Crippen LogP contribution in [0, 0.1) is 0 Å². The topological polar surface area (TPSA) is 108 Å². The van der Waals surface area contributed by atoms with Gasteiger partial charge in [-0.05, 0) is 0 Å². The second-order valence-electron chi connectivity index (χ2n) is 3.09. The zero-order chi connectivity index (χ0) is 16.6. The molecule has 10 heteroatoms. The Morgan fingerprint density at radius 3 is 1.62 bits per heavy atom. The van der Waals surface area contributed by atoms with E-state index in [0.717, 1.165) is 28.4 Å². The average Bonchev–Trinajstić information content (AvgIpc) is 2.52. The molecule has 0 atom stereocenters. The zero-order valence-corrected chi connectivity index (χ0v) is 13.4. The number of rotatable bonds is 6. The van der Waals surface area contributed by atoms with Crippen LogP contribution in [0.4, 0.5) is 0 Å². The normalized spacial score (nSPS) is 12.6. The number of methoxy groups -OCH3 is 4. The van der Waals surface area contributed by atoms with Gasteiger partial charge < -0.3 is 24.1 Å². The van der Waals surface area contributed by atoms with Crippen LogP contribution >= 0.6 is 24.4 Å². The predicted molar refractivity (Wildman–Crippen MR) is 76.3 cm³/mol. The third-order valence-electron chi connectivity index (χ3n) is 1.93. The maximum atomic E-state index is 11.7. The molecule has 118 valence electrons. The van der Waals surface area contributed by atoms with E-state index in [2.05, 4.69) is 31.6 Å². The van der Waals surface area contributed by atoms with Crippen LogP contribution in [0.25, 0.3) is 0 Å². The second kappa shape index (κ2) is 9.19. The Kier molecular flexibility index (Phi) is 8.39. The van der Waals surface area contributed by atoms with E-state index < -0.39 is 33.7 Å². The van der Waals surface area contributed by atoms with Gasteiger partial charge in [0.25, 0.3) is 5.95 Å². The monoisotopic (exact) mass is 338 g/mol. The van der Waals surface area contributed by atoms with Gasteiger partial charge in [0.2, 0.25) is 0 Å². The van der Waals surface area contributed by atoms with E-state index in [-0.39, 0.29) is 4.91 Å². The van der Waals surface area contributed by atoms with Gasteiger partial charge in [-0.25, -0.2) is 14.4 Å². The highest BCUT2D eigenvalue weighted by atomic mass is 32.2. The molecule has 0 rings (SSSR count). The summed E-state index contributed by atoms with van der Waals surface area (Å²) in [5.74, 6) is -3.65. The number of thiol groups is 1. The van der Waals surface area contributed by atoms with Crippen molar-refractivity contribution in [1.29, 1.82) is 0 Å². The second-order valence-corrected chi connectivity index (χ2v) is 4.56. The number of hydrogen-bond donors (Lipinski definition) is 2. The number of aliphatic hydroxyl groups excluding tert-OH is 1. The first-order valence-electron chi connectivity index (χ1n) is 5.17. The Hall–Kier alpha value is -1.81. The molecule has 0 heterocycles. The SMILES string of the molecule is COC(=O)/C(S)=C(\S/C(C(=O)OC)=C(\O)OC)C(=O)OC. The molecule has 0 radical (unpaired) electrons. The first kappa shape index (κ1) is 19.2. The molecule has 0 aliphatic heterocycles. The minimum absolute atomic E-state index is 0.378. The van der Waals surface area contributed by atoms with Gasteiger partial charge >= 0.3 is 17.9 Å². The summed E-state index contributed by atoms with van der Waals surface area (Å²) >= 11 is 4.25. The van der Waals surface area contributed by atoms with Gasteiger partial charge in [-0.2, -0.15) is 0 Å².